The van der Waals surface area contributed by atoms with Gasteiger partial charge in [-0.25, -0.2) is 4.52 Å². The molecule has 3 aromatic heterocycles. The molecule has 0 unspecified atom stereocenters. The third-order valence-corrected chi connectivity index (χ3v) is 5.67. The van der Waals surface area contributed by atoms with Gasteiger partial charge in [-0.05, 0) is 49.7 Å². The van der Waals surface area contributed by atoms with E-state index in [1.165, 1.54) is 4.57 Å². The van der Waals surface area contributed by atoms with E-state index in [2.05, 4.69) is 33.4 Å². The molecular weight excluding hydrogens is 422 g/mol. The lowest BCUT2D eigenvalue weighted by Crippen LogP contribution is -2.22. The van der Waals surface area contributed by atoms with Gasteiger partial charge in [-0.15, -0.1) is 0 Å². The van der Waals surface area contributed by atoms with Gasteiger partial charge in [-0.3, -0.25) is 4.79 Å². The van der Waals surface area contributed by atoms with Crippen molar-refractivity contribution in [1.29, 1.82) is 0 Å². The molecule has 33 heavy (non-hydrogen) atoms. The predicted molar refractivity (Wildman–Crippen MR) is 119 cm³/mol. The molecule has 0 fully saturated rings. The molecule has 9 nitrogen and oxygen atoms in total. The smallest absolute Gasteiger partial charge is 0.277 e. The molecule has 2 aromatic carbocycles. The largest absolute Gasteiger partial charge is 0.454 e. The first kappa shape index (κ1) is 19.3. The average Bonchev–Trinajstić information content (AvgIpc) is 3.56. The Labute approximate surface area is 187 Å². The minimum atomic E-state index is -0.184. The lowest BCUT2D eigenvalue weighted by Gasteiger charge is -2.03. The Bertz CT molecular complexity index is 1580. The second-order valence-electron chi connectivity index (χ2n) is 7.99. The SMILES string of the molecule is Cc1ccc(C)c(-c2cc3c(=O)n(Cc4noc(-c5ccc6c(c5)OCO6)n4)ccn3n2)c1. The Morgan fingerprint density at radius 1 is 1.00 bits per heavy atom. The number of hydrogen-bond acceptors (Lipinski definition) is 7. The summed E-state index contributed by atoms with van der Waals surface area (Å²) in [5.41, 5.74) is 5.03. The maximum Gasteiger partial charge on any atom is 0.277 e. The highest BCUT2D eigenvalue weighted by Gasteiger charge is 2.18. The first-order valence-corrected chi connectivity index (χ1v) is 10.4. The van der Waals surface area contributed by atoms with Crippen LogP contribution in [-0.2, 0) is 6.54 Å². The van der Waals surface area contributed by atoms with E-state index in [1.54, 1.807) is 29.0 Å². The van der Waals surface area contributed by atoms with Gasteiger partial charge in [0.15, 0.2) is 17.3 Å². The standard InChI is InChI=1S/C24H19N5O4/c1-14-3-4-15(2)17(9-14)18-11-19-24(30)28(7-8-29(19)26-18)12-22-25-23(33-27-22)16-5-6-20-21(10-16)32-13-31-20/h3-11H,12-13H2,1-2H3. The van der Waals surface area contributed by atoms with Crippen LogP contribution < -0.4 is 15.0 Å². The fourth-order valence-electron chi connectivity index (χ4n) is 3.91. The fourth-order valence-corrected chi connectivity index (χ4v) is 3.91. The lowest BCUT2D eigenvalue weighted by atomic mass is 10.0. The van der Waals surface area contributed by atoms with Gasteiger partial charge in [-0.2, -0.15) is 10.1 Å². The predicted octanol–water partition coefficient (Wildman–Crippen LogP) is 3.61. The normalized spacial score (nSPS) is 12.5. The number of aromatic nitrogens is 5. The topological polar surface area (TPSA) is 96.7 Å². The monoisotopic (exact) mass is 441 g/mol. The van der Waals surface area contributed by atoms with Crippen LogP contribution in [0.2, 0.25) is 0 Å². The van der Waals surface area contributed by atoms with Crippen LogP contribution in [0.3, 0.4) is 0 Å². The average molecular weight is 441 g/mol. The van der Waals surface area contributed by atoms with Crippen LogP contribution in [0.4, 0.5) is 0 Å². The van der Waals surface area contributed by atoms with E-state index < -0.39 is 0 Å². The Morgan fingerprint density at radius 2 is 1.88 bits per heavy atom. The molecule has 0 aliphatic carbocycles. The minimum Gasteiger partial charge on any atom is -0.454 e. The van der Waals surface area contributed by atoms with Gasteiger partial charge < -0.3 is 18.6 Å². The zero-order valence-electron chi connectivity index (χ0n) is 18.0. The molecule has 5 aromatic rings. The number of rotatable bonds is 4. The van der Waals surface area contributed by atoms with E-state index >= 15 is 0 Å². The summed E-state index contributed by atoms with van der Waals surface area (Å²) in [6.45, 7) is 4.44. The molecular formula is C24H19N5O4. The maximum absolute atomic E-state index is 13.1. The van der Waals surface area contributed by atoms with Crippen LogP contribution in [0.1, 0.15) is 17.0 Å². The highest BCUT2D eigenvalue weighted by molar-refractivity contribution is 5.69. The molecule has 1 aliphatic heterocycles. The number of ether oxygens (including phenoxy) is 2. The fraction of sp³-hybridized carbons (Fsp3) is 0.167. The summed E-state index contributed by atoms with van der Waals surface area (Å²) in [6, 6.07) is 13.4. The summed E-state index contributed by atoms with van der Waals surface area (Å²) in [4.78, 5) is 17.6. The van der Waals surface area contributed by atoms with E-state index in [9.17, 15) is 4.79 Å². The van der Waals surface area contributed by atoms with Gasteiger partial charge in [0.1, 0.15) is 5.52 Å². The molecule has 0 N–H and O–H groups in total. The molecule has 6 rings (SSSR count). The van der Waals surface area contributed by atoms with E-state index in [1.807, 2.05) is 26.0 Å². The van der Waals surface area contributed by atoms with E-state index in [0.717, 1.165) is 27.9 Å². The number of aryl methyl sites for hydroxylation is 2. The Morgan fingerprint density at radius 3 is 2.79 bits per heavy atom. The molecule has 9 heteroatoms. The van der Waals surface area contributed by atoms with Crippen molar-refractivity contribution in [2.45, 2.75) is 20.4 Å². The molecule has 0 saturated heterocycles. The number of fused-ring (bicyclic) bond motifs is 2. The molecule has 0 atom stereocenters. The summed E-state index contributed by atoms with van der Waals surface area (Å²) >= 11 is 0. The van der Waals surface area contributed by atoms with Crippen LogP contribution in [0.25, 0.3) is 28.2 Å². The number of benzene rings is 2. The van der Waals surface area contributed by atoms with Gasteiger partial charge in [-0.1, -0.05) is 22.9 Å². The zero-order chi connectivity index (χ0) is 22.5. The highest BCUT2D eigenvalue weighted by Crippen LogP contribution is 2.35. The molecule has 164 valence electrons. The Kier molecular flexibility index (Phi) is 4.29. The van der Waals surface area contributed by atoms with Crippen molar-refractivity contribution in [3.8, 4) is 34.2 Å². The van der Waals surface area contributed by atoms with Crippen molar-refractivity contribution in [3.05, 3.63) is 82.2 Å². The van der Waals surface area contributed by atoms with Gasteiger partial charge in [0, 0.05) is 23.5 Å². The molecule has 0 bridgehead atoms. The Balaban J connectivity index is 1.31. The van der Waals surface area contributed by atoms with Crippen LogP contribution >= 0.6 is 0 Å². The van der Waals surface area contributed by atoms with Gasteiger partial charge >= 0.3 is 0 Å². The van der Waals surface area contributed by atoms with Crippen molar-refractivity contribution < 1.29 is 14.0 Å². The second kappa shape index (κ2) is 7.33. The van der Waals surface area contributed by atoms with Crippen molar-refractivity contribution in [1.82, 2.24) is 24.3 Å². The van der Waals surface area contributed by atoms with Crippen LogP contribution in [-0.4, -0.2) is 31.1 Å². The Hall–Kier alpha value is -4.40. The van der Waals surface area contributed by atoms with E-state index in [0.29, 0.717) is 28.7 Å². The van der Waals surface area contributed by atoms with Gasteiger partial charge in [0.2, 0.25) is 6.79 Å². The molecule has 0 saturated carbocycles. The molecule has 0 amide bonds. The van der Waals surface area contributed by atoms with Crippen molar-refractivity contribution in [2.75, 3.05) is 6.79 Å². The van der Waals surface area contributed by atoms with Gasteiger partial charge in [0.25, 0.3) is 11.4 Å². The summed E-state index contributed by atoms with van der Waals surface area (Å²) in [5, 5.41) is 8.63. The van der Waals surface area contributed by atoms with Crippen molar-refractivity contribution in [3.63, 3.8) is 0 Å². The maximum atomic E-state index is 13.1. The summed E-state index contributed by atoms with van der Waals surface area (Å²) in [5.74, 6) is 2.05. The molecule has 0 spiro atoms. The third-order valence-electron chi connectivity index (χ3n) is 5.67. The van der Waals surface area contributed by atoms with E-state index in [-0.39, 0.29) is 18.9 Å². The van der Waals surface area contributed by atoms with Crippen molar-refractivity contribution >= 4 is 5.52 Å². The number of nitrogens with zero attached hydrogens (tertiary/aromatic N) is 5. The first-order chi connectivity index (χ1) is 16.0. The van der Waals surface area contributed by atoms with Crippen LogP contribution in [0.5, 0.6) is 11.5 Å². The third kappa shape index (κ3) is 3.34. The van der Waals surface area contributed by atoms with Crippen molar-refractivity contribution in [2.24, 2.45) is 0 Å². The first-order valence-electron chi connectivity index (χ1n) is 10.4. The summed E-state index contributed by atoms with van der Waals surface area (Å²) in [7, 11) is 0. The van der Waals surface area contributed by atoms with Gasteiger partial charge in [0.05, 0.1) is 12.2 Å². The van der Waals surface area contributed by atoms with Crippen LogP contribution in [0.15, 0.2) is 64.2 Å². The minimum absolute atomic E-state index is 0.174. The molecule has 0 radical (unpaired) electrons. The lowest BCUT2D eigenvalue weighted by molar-refractivity contribution is 0.174. The quantitative estimate of drug-likeness (QED) is 0.420. The van der Waals surface area contributed by atoms with Crippen LogP contribution in [0, 0.1) is 13.8 Å². The summed E-state index contributed by atoms with van der Waals surface area (Å²) in [6.07, 6.45) is 3.43. The highest BCUT2D eigenvalue weighted by atomic mass is 16.7. The summed E-state index contributed by atoms with van der Waals surface area (Å²) < 4.78 is 19.3. The van der Waals surface area contributed by atoms with E-state index in [4.69, 9.17) is 14.0 Å². The molecule has 1 aliphatic rings. The number of hydrogen-bond donors (Lipinski definition) is 0. The second-order valence-corrected chi connectivity index (χ2v) is 7.99. The zero-order valence-corrected chi connectivity index (χ0v) is 18.0. The molecule has 4 heterocycles.